The Bertz CT molecular complexity index is 357. The lowest BCUT2D eigenvalue weighted by atomic mass is 9.63. The molecule has 0 fully saturated rings. The highest BCUT2D eigenvalue weighted by atomic mass is 16.5. The Morgan fingerprint density at radius 2 is 1.69 bits per heavy atom. The predicted molar refractivity (Wildman–Crippen MR) is 67.5 cm³/mol. The molecule has 0 N–H and O–H groups in total. The van der Waals surface area contributed by atoms with Crippen molar-refractivity contribution in [2.45, 2.75) is 39.7 Å². The van der Waals surface area contributed by atoms with Crippen LogP contribution in [0.15, 0.2) is 24.3 Å². The third kappa shape index (κ3) is 1.58. The third-order valence-corrected chi connectivity index (χ3v) is 4.18. The summed E-state index contributed by atoms with van der Waals surface area (Å²) in [6.07, 6.45) is 0. The van der Waals surface area contributed by atoms with Gasteiger partial charge in [0.05, 0.1) is 13.2 Å². The number of hydrogen-bond acceptors (Lipinski definition) is 1. The van der Waals surface area contributed by atoms with Gasteiger partial charge in [-0.25, -0.2) is 0 Å². The molecule has 1 heterocycles. The minimum Gasteiger partial charge on any atom is -0.376 e. The summed E-state index contributed by atoms with van der Waals surface area (Å²) in [5.74, 6) is 1.21. The molecule has 0 saturated heterocycles. The largest absolute Gasteiger partial charge is 0.376 e. The molecule has 2 rings (SSSR count). The first-order valence-electron chi connectivity index (χ1n) is 6.25. The molecule has 0 aliphatic carbocycles. The van der Waals surface area contributed by atoms with Gasteiger partial charge in [0, 0.05) is 5.41 Å². The van der Waals surface area contributed by atoms with E-state index in [9.17, 15) is 0 Å². The van der Waals surface area contributed by atoms with E-state index < -0.39 is 0 Å². The van der Waals surface area contributed by atoms with Crippen LogP contribution in [0.5, 0.6) is 0 Å². The van der Waals surface area contributed by atoms with E-state index in [-0.39, 0.29) is 5.41 Å². The molecule has 0 aromatic heterocycles. The molecule has 1 aromatic rings. The van der Waals surface area contributed by atoms with Crippen molar-refractivity contribution in [3.05, 3.63) is 35.4 Å². The Balaban J connectivity index is 2.57. The average Bonchev–Trinajstić information content (AvgIpc) is 2.27. The Morgan fingerprint density at radius 3 is 2.31 bits per heavy atom. The van der Waals surface area contributed by atoms with Crippen LogP contribution >= 0.6 is 0 Å². The van der Waals surface area contributed by atoms with Gasteiger partial charge in [-0.15, -0.1) is 0 Å². The Kier molecular flexibility index (Phi) is 3.07. The van der Waals surface area contributed by atoms with Crippen LogP contribution in [0.4, 0.5) is 0 Å². The van der Waals surface area contributed by atoms with Crippen molar-refractivity contribution < 1.29 is 4.74 Å². The van der Waals surface area contributed by atoms with Gasteiger partial charge in [0.1, 0.15) is 0 Å². The highest BCUT2D eigenvalue weighted by Crippen LogP contribution is 2.43. The lowest BCUT2D eigenvalue weighted by Crippen LogP contribution is -2.45. The zero-order valence-corrected chi connectivity index (χ0v) is 10.8. The van der Waals surface area contributed by atoms with Gasteiger partial charge in [0.2, 0.25) is 0 Å². The van der Waals surface area contributed by atoms with Crippen LogP contribution in [0.2, 0.25) is 0 Å². The molecule has 1 aromatic carbocycles. The molecular formula is C15H22O. The maximum absolute atomic E-state index is 5.83. The summed E-state index contributed by atoms with van der Waals surface area (Å²) in [7, 11) is 0. The van der Waals surface area contributed by atoms with Gasteiger partial charge in [-0.2, -0.15) is 0 Å². The van der Waals surface area contributed by atoms with E-state index in [4.69, 9.17) is 4.74 Å². The van der Waals surface area contributed by atoms with Crippen LogP contribution in [0.25, 0.3) is 0 Å². The number of rotatable bonds is 2. The van der Waals surface area contributed by atoms with Crippen molar-refractivity contribution in [2.24, 2.45) is 11.8 Å². The van der Waals surface area contributed by atoms with Gasteiger partial charge in [-0.05, 0) is 23.0 Å². The van der Waals surface area contributed by atoms with E-state index in [1.54, 1.807) is 0 Å². The van der Waals surface area contributed by atoms with Crippen LogP contribution in [0.3, 0.4) is 0 Å². The molecule has 88 valence electrons. The fourth-order valence-electron chi connectivity index (χ4n) is 3.13. The molecule has 0 saturated carbocycles. The summed E-state index contributed by atoms with van der Waals surface area (Å²) in [5.41, 5.74) is 3.07. The minimum absolute atomic E-state index is 0.189. The molecule has 1 aliphatic rings. The van der Waals surface area contributed by atoms with Gasteiger partial charge in [-0.3, -0.25) is 0 Å². The zero-order chi connectivity index (χ0) is 11.8. The Labute approximate surface area is 98.8 Å². The first-order valence-corrected chi connectivity index (χ1v) is 6.25. The average molecular weight is 218 g/mol. The van der Waals surface area contributed by atoms with Crippen molar-refractivity contribution in [1.82, 2.24) is 0 Å². The molecule has 1 heteroatoms. The second-order valence-corrected chi connectivity index (χ2v) is 5.50. The van der Waals surface area contributed by atoms with Gasteiger partial charge in [-0.1, -0.05) is 52.0 Å². The molecule has 16 heavy (non-hydrogen) atoms. The molecule has 0 atom stereocenters. The smallest absolute Gasteiger partial charge is 0.0720 e. The standard InChI is InChI=1S/C15H22O/c1-11(2)15(12(3)4)10-16-9-13-7-5-6-8-14(13)15/h5-8,11-12H,9-10H2,1-4H3. The lowest BCUT2D eigenvalue weighted by Gasteiger charge is -2.45. The van der Waals surface area contributed by atoms with Crippen LogP contribution in [0, 0.1) is 11.8 Å². The van der Waals surface area contributed by atoms with E-state index >= 15 is 0 Å². The molecule has 1 aliphatic heterocycles. The number of benzene rings is 1. The summed E-state index contributed by atoms with van der Waals surface area (Å²) in [6, 6.07) is 8.76. The summed E-state index contributed by atoms with van der Waals surface area (Å²) in [5, 5.41) is 0. The second kappa shape index (κ2) is 4.21. The topological polar surface area (TPSA) is 9.23 Å². The summed E-state index contributed by atoms with van der Waals surface area (Å²) < 4.78 is 5.83. The Morgan fingerprint density at radius 1 is 1.06 bits per heavy atom. The van der Waals surface area contributed by atoms with E-state index in [1.165, 1.54) is 11.1 Å². The normalized spacial score (nSPS) is 18.9. The zero-order valence-electron chi connectivity index (χ0n) is 10.8. The molecule has 0 radical (unpaired) electrons. The summed E-state index contributed by atoms with van der Waals surface area (Å²) >= 11 is 0. The minimum atomic E-state index is 0.189. The highest BCUT2D eigenvalue weighted by Gasteiger charge is 2.42. The van der Waals surface area contributed by atoms with Crippen molar-refractivity contribution in [3.63, 3.8) is 0 Å². The SMILES string of the molecule is CC(C)C1(C(C)C)COCc2ccccc21. The monoisotopic (exact) mass is 218 g/mol. The van der Waals surface area contributed by atoms with Crippen LogP contribution in [0.1, 0.15) is 38.8 Å². The van der Waals surface area contributed by atoms with Gasteiger partial charge in [0.15, 0.2) is 0 Å². The van der Waals surface area contributed by atoms with E-state index in [0.717, 1.165) is 13.2 Å². The predicted octanol–water partition coefficient (Wildman–Crippen LogP) is 3.77. The van der Waals surface area contributed by atoms with Crippen molar-refractivity contribution in [1.29, 1.82) is 0 Å². The maximum atomic E-state index is 5.83. The number of ether oxygens (including phenoxy) is 1. The summed E-state index contributed by atoms with van der Waals surface area (Å²) in [4.78, 5) is 0. The van der Waals surface area contributed by atoms with Crippen molar-refractivity contribution >= 4 is 0 Å². The van der Waals surface area contributed by atoms with Crippen molar-refractivity contribution in [3.8, 4) is 0 Å². The third-order valence-electron chi connectivity index (χ3n) is 4.18. The second-order valence-electron chi connectivity index (χ2n) is 5.50. The van der Waals surface area contributed by atoms with Gasteiger partial charge < -0.3 is 4.74 Å². The Hall–Kier alpha value is -0.820. The van der Waals surface area contributed by atoms with Gasteiger partial charge in [0.25, 0.3) is 0 Å². The molecule has 0 amide bonds. The summed E-state index contributed by atoms with van der Waals surface area (Å²) in [6.45, 7) is 10.9. The van der Waals surface area contributed by atoms with E-state index in [1.807, 2.05) is 0 Å². The maximum Gasteiger partial charge on any atom is 0.0720 e. The molecule has 1 nitrogen and oxygen atoms in total. The van der Waals surface area contributed by atoms with Crippen LogP contribution < -0.4 is 0 Å². The van der Waals surface area contributed by atoms with E-state index in [0.29, 0.717) is 11.8 Å². The van der Waals surface area contributed by atoms with E-state index in [2.05, 4.69) is 52.0 Å². The first kappa shape index (κ1) is 11.7. The first-order chi connectivity index (χ1) is 7.59. The quantitative estimate of drug-likeness (QED) is 0.734. The molecule has 0 spiro atoms. The molecule has 0 unspecified atom stereocenters. The van der Waals surface area contributed by atoms with Crippen molar-refractivity contribution in [2.75, 3.05) is 6.61 Å². The fourth-order valence-corrected chi connectivity index (χ4v) is 3.13. The fraction of sp³-hybridized carbons (Fsp3) is 0.600. The number of hydrogen-bond donors (Lipinski definition) is 0. The molecule has 0 bridgehead atoms. The van der Waals surface area contributed by atoms with Crippen LogP contribution in [-0.4, -0.2) is 6.61 Å². The number of fused-ring (bicyclic) bond motifs is 1. The van der Waals surface area contributed by atoms with Gasteiger partial charge >= 0.3 is 0 Å². The van der Waals surface area contributed by atoms with Crippen LogP contribution in [-0.2, 0) is 16.8 Å². The molecular weight excluding hydrogens is 196 g/mol. The highest BCUT2D eigenvalue weighted by molar-refractivity contribution is 5.37. The lowest BCUT2D eigenvalue weighted by molar-refractivity contribution is 0.00836.